The Morgan fingerprint density at radius 3 is 1.87 bits per heavy atom. The van der Waals surface area contributed by atoms with Gasteiger partial charge in [-0.2, -0.15) is 0 Å². The van der Waals surface area contributed by atoms with Gasteiger partial charge in [-0.15, -0.1) is 0 Å². The van der Waals surface area contributed by atoms with E-state index in [1.54, 1.807) is 6.92 Å². The van der Waals surface area contributed by atoms with Crippen LogP contribution in [0.1, 0.15) is 27.7 Å². The maximum absolute atomic E-state index is 11.7. The lowest BCUT2D eigenvalue weighted by atomic mass is 9.98. The Balaban J connectivity index is 2.35. The quantitative estimate of drug-likeness (QED) is 0.357. The average molecular weight is 436 g/mol. The van der Waals surface area contributed by atoms with Gasteiger partial charge in [-0.05, 0) is 6.92 Å². The maximum atomic E-state index is 11.7. The minimum atomic E-state index is -1.37. The van der Waals surface area contributed by atoms with E-state index < -0.39 is 79.8 Å². The SMILES string of the molecule is CO[C@@H]1[C@@H](O[C@@H]2O[C@@H](C)[C@H](OC(C)=O)[C@@H](OC(C)=O)[C@H]2OC(C)=O)[C@@H](CO)O[C@H]1O. The summed E-state index contributed by atoms with van der Waals surface area (Å²) < 4.78 is 37.9. The lowest BCUT2D eigenvalue weighted by Gasteiger charge is -2.44. The van der Waals surface area contributed by atoms with Crippen molar-refractivity contribution in [2.75, 3.05) is 13.7 Å². The number of hydrogen-bond donors (Lipinski definition) is 2. The third kappa shape index (κ3) is 5.65. The van der Waals surface area contributed by atoms with Crippen LogP contribution in [0.4, 0.5) is 0 Å². The topological polar surface area (TPSA) is 156 Å². The minimum Gasteiger partial charge on any atom is -0.456 e. The van der Waals surface area contributed by atoms with Gasteiger partial charge >= 0.3 is 17.9 Å². The molecule has 2 aliphatic heterocycles. The van der Waals surface area contributed by atoms with Crippen LogP contribution in [-0.4, -0.2) is 97.1 Å². The molecule has 2 saturated heterocycles. The number of carbonyl (C=O) groups excluding carboxylic acids is 3. The van der Waals surface area contributed by atoms with Crippen molar-refractivity contribution in [3.63, 3.8) is 0 Å². The summed E-state index contributed by atoms with van der Waals surface area (Å²) in [6.07, 6.45) is -10.1. The number of ether oxygens (including phenoxy) is 7. The average Bonchev–Trinajstić information content (AvgIpc) is 2.94. The van der Waals surface area contributed by atoms with Crippen LogP contribution in [0.15, 0.2) is 0 Å². The molecule has 9 atom stereocenters. The van der Waals surface area contributed by atoms with Crippen molar-refractivity contribution in [2.24, 2.45) is 0 Å². The van der Waals surface area contributed by atoms with E-state index in [1.807, 2.05) is 0 Å². The molecule has 0 bridgehead atoms. The van der Waals surface area contributed by atoms with E-state index in [-0.39, 0.29) is 0 Å². The molecule has 0 spiro atoms. The van der Waals surface area contributed by atoms with Gasteiger partial charge in [-0.3, -0.25) is 14.4 Å². The van der Waals surface area contributed by atoms with Crippen molar-refractivity contribution in [1.29, 1.82) is 0 Å². The standard InChI is InChI=1S/C18H28O12/c1-7-12(26-8(2)20)14(27-9(3)21)16(28-10(4)22)18(25-7)30-13-11(6-19)29-17(23)15(13)24-5/h7,11-19,23H,6H2,1-5H3/t7-,11+,12-,13-,14+,15+,16+,17+,18-/m0/s1. The first-order chi connectivity index (χ1) is 14.1. The fraction of sp³-hybridized carbons (Fsp3) is 0.833. The Labute approximate surface area is 173 Å². The molecule has 0 aliphatic carbocycles. The third-order valence-corrected chi connectivity index (χ3v) is 4.66. The molecule has 30 heavy (non-hydrogen) atoms. The number of esters is 3. The predicted octanol–water partition coefficient (Wildman–Crippen LogP) is -1.36. The van der Waals surface area contributed by atoms with Crippen LogP contribution in [0.3, 0.4) is 0 Å². The summed E-state index contributed by atoms with van der Waals surface area (Å²) in [5.41, 5.74) is 0. The second-order valence-electron chi connectivity index (χ2n) is 6.98. The number of carbonyl (C=O) groups is 3. The number of aliphatic hydroxyl groups is 2. The lowest BCUT2D eigenvalue weighted by molar-refractivity contribution is -0.317. The Morgan fingerprint density at radius 1 is 0.833 bits per heavy atom. The number of rotatable bonds is 7. The molecule has 2 fully saturated rings. The smallest absolute Gasteiger partial charge is 0.303 e. The van der Waals surface area contributed by atoms with Crippen molar-refractivity contribution in [1.82, 2.24) is 0 Å². The molecule has 2 heterocycles. The Hall–Kier alpha value is -1.83. The summed E-state index contributed by atoms with van der Waals surface area (Å²) in [6, 6.07) is 0. The van der Waals surface area contributed by atoms with Crippen LogP contribution < -0.4 is 0 Å². The van der Waals surface area contributed by atoms with Gasteiger partial charge in [0, 0.05) is 27.9 Å². The van der Waals surface area contributed by atoms with Gasteiger partial charge in [0.1, 0.15) is 18.3 Å². The van der Waals surface area contributed by atoms with Crippen LogP contribution in [0.2, 0.25) is 0 Å². The zero-order valence-corrected chi connectivity index (χ0v) is 17.4. The van der Waals surface area contributed by atoms with Crippen LogP contribution >= 0.6 is 0 Å². The van der Waals surface area contributed by atoms with Crippen molar-refractivity contribution >= 4 is 17.9 Å². The van der Waals surface area contributed by atoms with E-state index in [0.29, 0.717) is 0 Å². The van der Waals surface area contributed by atoms with Gasteiger partial charge < -0.3 is 43.4 Å². The molecule has 0 aromatic rings. The van der Waals surface area contributed by atoms with E-state index in [0.717, 1.165) is 13.8 Å². The van der Waals surface area contributed by atoms with Gasteiger partial charge in [0.15, 0.2) is 30.9 Å². The highest BCUT2D eigenvalue weighted by atomic mass is 16.8. The van der Waals surface area contributed by atoms with Gasteiger partial charge in [-0.1, -0.05) is 0 Å². The molecule has 0 aromatic heterocycles. The molecule has 2 rings (SSSR count). The molecule has 2 aliphatic rings. The molecule has 0 radical (unpaired) electrons. The monoisotopic (exact) mass is 436 g/mol. The second kappa shape index (κ2) is 10.5. The summed E-state index contributed by atoms with van der Waals surface area (Å²) in [5, 5.41) is 19.5. The van der Waals surface area contributed by atoms with Crippen molar-refractivity contribution in [3.05, 3.63) is 0 Å². The highest BCUT2D eigenvalue weighted by Crippen LogP contribution is 2.33. The Kier molecular flexibility index (Phi) is 8.52. The largest absolute Gasteiger partial charge is 0.456 e. The maximum Gasteiger partial charge on any atom is 0.303 e. The Bertz CT molecular complexity index is 624. The number of methoxy groups -OCH3 is 1. The fourth-order valence-corrected chi connectivity index (χ4v) is 3.50. The van der Waals surface area contributed by atoms with E-state index in [9.17, 15) is 24.6 Å². The number of aliphatic hydroxyl groups excluding tert-OH is 2. The van der Waals surface area contributed by atoms with E-state index in [2.05, 4.69) is 0 Å². The first-order valence-corrected chi connectivity index (χ1v) is 9.38. The molecule has 12 heteroatoms. The zero-order valence-electron chi connectivity index (χ0n) is 17.4. The van der Waals surface area contributed by atoms with E-state index in [4.69, 9.17) is 33.2 Å². The predicted molar refractivity (Wildman–Crippen MR) is 94.6 cm³/mol. The first kappa shape index (κ1) is 24.4. The van der Waals surface area contributed by atoms with E-state index >= 15 is 0 Å². The van der Waals surface area contributed by atoms with Crippen molar-refractivity contribution in [2.45, 2.75) is 83.0 Å². The summed E-state index contributed by atoms with van der Waals surface area (Å²) in [7, 11) is 1.32. The van der Waals surface area contributed by atoms with Crippen molar-refractivity contribution < 1.29 is 57.8 Å². The molecular formula is C18H28O12. The minimum absolute atomic E-state index is 0.495. The summed E-state index contributed by atoms with van der Waals surface area (Å²) >= 11 is 0. The summed E-state index contributed by atoms with van der Waals surface area (Å²) in [5.74, 6) is -2.08. The molecule has 0 aromatic carbocycles. The van der Waals surface area contributed by atoms with Gasteiger partial charge in [0.05, 0.1) is 12.7 Å². The zero-order chi connectivity index (χ0) is 22.6. The lowest BCUT2D eigenvalue weighted by Crippen LogP contribution is -2.62. The van der Waals surface area contributed by atoms with Crippen LogP contribution in [-0.2, 0) is 47.5 Å². The Morgan fingerprint density at radius 2 is 1.37 bits per heavy atom. The van der Waals surface area contributed by atoms with Crippen molar-refractivity contribution in [3.8, 4) is 0 Å². The molecule has 172 valence electrons. The van der Waals surface area contributed by atoms with Crippen LogP contribution in [0.5, 0.6) is 0 Å². The normalized spacial score (nSPS) is 38.7. The molecule has 0 amide bonds. The van der Waals surface area contributed by atoms with Gasteiger partial charge in [0.2, 0.25) is 0 Å². The molecule has 0 unspecified atom stereocenters. The second-order valence-corrected chi connectivity index (χ2v) is 6.98. The molecular weight excluding hydrogens is 408 g/mol. The van der Waals surface area contributed by atoms with Crippen LogP contribution in [0.25, 0.3) is 0 Å². The first-order valence-electron chi connectivity index (χ1n) is 9.38. The van der Waals surface area contributed by atoms with E-state index in [1.165, 1.54) is 14.0 Å². The third-order valence-electron chi connectivity index (χ3n) is 4.66. The van der Waals surface area contributed by atoms with Gasteiger partial charge in [-0.25, -0.2) is 0 Å². The highest BCUT2D eigenvalue weighted by molar-refractivity contribution is 5.68. The molecule has 0 saturated carbocycles. The summed E-state index contributed by atoms with van der Waals surface area (Å²) in [4.78, 5) is 34.9. The van der Waals surface area contributed by atoms with Gasteiger partial charge in [0.25, 0.3) is 0 Å². The fourth-order valence-electron chi connectivity index (χ4n) is 3.50. The molecule has 12 nitrogen and oxygen atoms in total. The summed E-state index contributed by atoms with van der Waals surface area (Å²) in [6.45, 7) is 4.52. The number of hydrogen-bond acceptors (Lipinski definition) is 12. The van der Waals surface area contributed by atoms with Crippen LogP contribution in [0, 0.1) is 0 Å². The molecule has 2 N–H and O–H groups in total. The highest BCUT2D eigenvalue weighted by Gasteiger charge is 2.54.